The number of anilines is 1. The summed E-state index contributed by atoms with van der Waals surface area (Å²) in [4.78, 5) is 5.00. The van der Waals surface area contributed by atoms with Gasteiger partial charge in [-0.15, -0.1) is 0 Å². The summed E-state index contributed by atoms with van der Waals surface area (Å²) in [6.45, 7) is 5.72. The molecule has 0 radical (unpaired) electrons. The van der Waals surface area contributed by atoms with E-state index in [1.807, 2.05) is 0 Å². The maximum atomic E-state index is 8.90. The summed E-state index contributed by atoms with van der Waals surface area (Å²) in [6, 6.07) is 19.6. The zero-order valence-corrected chi connectivity index (χ0v) is 13.7. The minimum absolute atomic E-state index is 0.269. The molecule has 0 aromatic heterocycles. The molecule has 0 amide bonds. The number of benzene rings is 2. The van der Waals surface area contributed by atoms with Crippen LogP contribution in [0.1, 0.15) is 17.5 Å². The second kappa shape index (κ2) is 8.14. The second-order valence-electron chi connectivity index (χ2n) is 6.24. The molecule has 1 heterocycles. The summed E-state index contributed by atoms with van der Waals surface area (Å²) in [5.74, 6) is 0. The molecule has 0 bridgehead atoms. The molecule has 3 heteroatoms. The Hall–Kier alpha value is -1.84. The van der Waals surface area contributed by atoms with Crippen LogP contribution in [0.15, 0.2) is 54.6 Å². The van der Waals surface area contributed by atoms with E-state index in [-0.39, 0.29) is 6.61 Å². The Balaban J connectivity index is 1.50. The number of hydrogen-bond donors (Lipinski definition) is 1. The van der Waals surface area contributed by atoms with Gasteiger partial charge in [-0.1, -0.05) is 42.5 Å². The van der Waals surface area contributed by atoms with Crippen LogP contribution in [-0.4, -0.2) is 42.8 Å². The summed E-state index contributed by atoms with van der Waals surface area (Å²) in [5.41, 5.74) is 4.02. The molecule has 1 aliphatic heterocycles. The quantitative estimate of drug-likeness (QED) is 0.889. The molecule has 0 unspecified atom stereocenters. The highest BCUT2D eigenvalue weighted by molar-refractivity contribution is 5.48. The average molecular weight is 310 g/mol. The molecular formula is C20H26N2O. The Morgan fingerprint density at radius 3 is 2.13 bits per heavy atom. The van der Waals surface area contributed by atoms with Gasteiger partial charge >= 0.3 is 0 Å². The minimum Gasteiger partial charge on any atom is -0.396 e. The van der Waals surface area contributed by atoms with E-state index in [1.165, 1.54) is 16.8 Å². The van der Waals surface area contributed by atoms with E-state index in [9.17, 15) is 0 Å². The number of piperazine rings is 1. The number of aliphatic hydroxyl groups is 1. The lowest BCUT2D eigenvalue weighted by molar-refractivity contribution is 0.250. The third-order valence-corrected chi connectivity index (χ3v) is 4.55. The van der Waals surface area contributed by atoms with Crippen molar-refractivity contribution in [3.8, 4) is 0 Å². The first kappa shape index (κ1) is 16.0. The van der Waals surface area contributed by atoms with E-state index < -0.39 is 0 Å². The van der Waals surface area contributed by atoms with Gasteiger partial charge in [-0.2, -0.15) is 0 Å². The van der Waals surface area contributed by atoms with E-state index in [1.54, 1.807) is 0 Å². The average Bonchev–Trinajstić information content (AvgIpc) is 2.62. The zero-order valence-electron chi connectivity index (χ0n) is 13.7. The molecule has 1 fully saturated rings. The Labute approximate surface area is 139 Å². The summed E-state index contributed by atoms with van der Waals surface area (Å²) < 4.78 is 0. The number of hydrogen-bond acceptors (Lipinski definition) is 3. The fourth-order valence-electron chi connectivity index (χ4n) is 3.16. The van der Waals surface area contributed by atoms with E-state index in [0.29, 0.717) is 0 Å². The third kappa shape index (κ3) is 4.57. The third-order valence-electron chi connectivity index (χ3n) is 4.55. The van der Waals surface area contributed by atoms with Crippen LogP contribution in [0.3, 0.4) is 0 Å². The van der Waals surface area contributed by atoms with Crippen molar-refractivity contribution in [2.45, 2.75) is 19.4 Å². The van der Waals surface area contributed by atoms with Crippen LogP contribution in [0.25, 0.3) is 0 Å². The highest BCUT2D eigenvalue weighted by Crippen LogP contribution is 2.18. The Bertz CT molecular complexity index is 574. The van der Waals surface area contributed by atoms with E-state index in [4.69, 9.17) is 5.11 Å². The maximum absolute atomic E-state index is 8.90. The summed E-state index contributed by atoms with van der Waals surface area (Å²) >= 11 is 0. The number of rotatable bonds is 6. The predicted molar refractivity (Wildman–Crippen MR) is 95.8 cm³/mol. The van der Waals surface area contributed by atoms with E-state index in [2.05, 4.69) is 64.4 Å². The van der Waals surface area contributed by atoms with Gasteiger partial charge in [0.15, 0.2) is 0 Å². The van der Waals surface area contributed by atoms with Crippen LogP contribution in [-0.2, 0) is 13.0 Å². The van der Waals surface area contributed by atoms with Crippen molar-refractivity contribution in [1.29, 1.82) is 0 Å². The Kier molecular flexibility index (Phi) is 5.67. The monoisotopic (exact) mass is 310 g/mol. The normalized spacial score (nSPS) is 15.8. The molecule has 1 N–H and O–H groups in total. The lowest BCUT2D eigenvalue weighted by atomic mass is 10.1. The maximum Gasteiger partial charge on any atom is 0.0434 e. The van der Waals surface area contributed by atoms with Crippen LogP contribution in [0.4, 0.5) is 5.69 Å². The zero-order chi connectivity index (χ0) is 15.9. The molecule has 23 heavy (non-hydrogen) atoms. The Morgan fingerprint density at radius 1 is 0.783 bits per heavy atom. The lowest BCUT2D eigenvalue weighted by Crippen LogP contribution is -2.45. The van der Waals surface area contributed by atoms with Crippen molar-refractivity contribution in [1.82, 2.24) is 4.90 Å². The molecule has 3 rings (SSSR count). The first-order chi connectivity index (χ1) is 11.3. The van der Waals surface area contributed by atoms with Gasteiger partial charge in [0.2, 0.25) is 0 Å². The second-order valence-corrected chi connectivity index (χ2v) is 6.24. The van der Waals surface area contributed by atoms with Crippen LogP contribution < -0.4 is 4.90 Å². The fraction of sp³-hybridized carbons (Fsp3) is 0.400. The molecule has 2 aromatic carbocycles. The molecule has 2 aromatic rings. The summed E-state index contributed by atoms with van der Waals surface area (Å²) in [5, 5.41) is 8.90. The van der Waals surface area contributed by atoms with Gasteiger partial charge in [0.05, 0.1) is 0 Å². The molecule has 0 atom stereocenters. The van der Waals surface area contributed by atoms with Gasteiger partial charge in [-0.25, -0.2) is 0 Å². The number of nitrogens with zero attached hydrogens (tertiary/aromatic N) is 2. The van der Waals surface area contributed by atoms with E-state index >= 15 is 0 Å². The highest BCUT2D eigenvalue weighted by atomic mass is 16.2. The molecular weight excluding hydrogens is 284 g/mol. The summed E-state index contributed by atoms with van der Waals surface area (Å²) in [6.07, 6.45) is 1.80. The van der Waals surface area contributed by atoms with Crippen molar-refractivity contribution in [3.63, 3.8) is 0 Å². The molecule has 1 saturated heterocycles. The van der Waals surface area contributed by atoms with Gasteiger partial charge in [0.1, 0.15) is 0 Å². The van der Waals surface area contributed by atoms with Crippen LogP contribution in [0.5, 0.6) is 0 Å². The SMILES string of the molecule is OCCCc1ccc(N2CCN(Cc3ccccc3)CC2)cc1. The van der Waals surface area contributed by atoms with Gasteiger partial charge in [0.25, 0.3) is 0 Å². The number of aliphatic hydroxyl groups excluding tert-OH is 1. The van der Waals surface area contributed by atoms with Crippen LogP contribution >= 0.6 is 0 Å². The smallest absolute Gasteiger partial charge is 0.0434 e. The Morgan fingerprint density at radius 2 is 1.48 bits per heavy atom. The van der Waals surface area contributed by atoms with Crippen molar-refractivity contribution in [3.05, 3.63) is 65.7 Å². The van der Waals surface area contributed by atoms with Gasteiger partial charge in [-0.3, -0.25) is 4.90 Å². The molecule has 0 aliphatic carbocycles. The molecule has 3 nitrogen and oxygen atoms in total. The van der Waals surface area contributed by atoms with Crippen molar-refractivity contribution in [2.24, 2.45) is 0 Å². The van der Waals surface area contributed by atoms with Crippen molar-refractivity contribution in [2.75, 3.05) is 37.7 Å². The molecule has 0 saturated carbocycles. The number of aryl methyl sites for hydroxylation is 1. The minimum atomic E-state index is 0.269. The standard InChI is InChI=1S/C20H26N2O/c23-16-4-7-18-8-10-20(11-9-18)22-14-12-21(13-15-22)17-19-5-2-1-3-6-19/h1-3,5-6,8-11,23H,4,7,12-17H2. The summed E-state index contributed by atoms with van der Waals surface area (Å²) in [7, 11) is 0. The van der Waals surface area contributed by atoms with Gasteiger partial charge in [-0.05, 0) is 36.1 Å². The fourth-order valence-corrected chi connectivity index (χ4v) is 3.16. The van der Waals surface area contributed by atoms with Gasteiger partial charge < -0.3 is 10.0 Å². The van der Waals surface area contributed by atoms with Crippen molar-refractivity contribution < 1.29 is 5.11 Å². The lowest BCUT2D eigenvalue weighted by Gasteiger charge is -2.36. The van der Waals surface area contributed by atoms with E-state index in [0.717, 1.165) is 45.6 Å². The molecule has 122 valence electrons. The topological polar surface area (TPSA) is 26.7 Å². The largest absolute Gasteiger partial charge is 0.396 e. The van der Waals surface area contributed by atoms with Gasteiger partial charge in [0, 0.05) is 45.0 Å². The first-order valence-corrected chi connectivity index (χ1v) is 8.56. The first-order valence-electron chi connectivity index (χ1n) is 8.56. The molecule has 0 spiro atoms. The highest BCUT2D eigenvalue weighted by Gasteiger charge is 2.17. The van der Waals surface area contributed by atoms with Crippen LogP contribution in [0, 0.1) is 0 Å². The van der Waals surface area contributed by atoms with Crippen molar-refractivity contribution >= 4 is 5.69 Å². The molecule has 1 aliphatic rings. The van der Waals surface area contributed by atoms with Crippen LogP contribution in [0.2, 0.25) is 0 Å². The predicted octanol–water partition coefficient (Wildman–Crippen LogP) is 2.93.